The summed E-state index contributed by atoms with van der Waals surface area (Å²) < 4.78 is 0. The smallest absolute Gasteiger partial charge is 0.0435 e. The molecule has 0 amide bonds. The quantitative estimate of drug-likeness (QED) is 0.731. The highest BCUT2D eigenvalue weighted by molar-refractivity contribution is 5.34. The van der Waals surface area contributed by atoms with Crippen molar-refractivity contribution in [1.82, 2.24) is 4.98 Å². The summed E-state index contributed by atoms with van der Waals surface area (Å²) in [6, 6.07) is 2.30. The van der Waals surface area contributed by atoms with Gasteiger partial charge in [0.1, 0.15) is 0 Å². The van der Waals surface area contributed by atoms with Crippen LogP contribution in [-0.2, 0) is 18.4 Å². The molecule has 2 aliphatic carbocycles. The van der Waals surface area contributed by atoms with E-state index in [0.29, 0.717) is 0 Å². The van der Waals surface area contributed by atoms with Crippen molar-refractivity contribution in [3.05, 3.63) is 29.1 Å². The maximum atomic E-state index is 6.16. The zero-order chi connectivity index (χ0) is 9.60. The minimum absolute atomic E-state index is 0.0144. The molecule has 2 heteroatoms. The summed E-state index contributed by atoms with van der Waals surface area (Å²) in [5.74, 6) is 0. The lowest BCUT2D eigenvalue weighted by atomic mass is 9.93. The normalized spacial score (nSPS) is 22.9. The summed E-state index contributed by atoms with van der Waals surface area (Å²) in [5, 5.41) is 0. The molecule has 1 saturated carbocycles. The zero-order valence-corrected chi connectivity index (χ0v) is 8.42. The van der Waals surface area contributed by atoms with Crippen LogP contribution in [0.15, 0.2) is 12.3 Å². The number of nitrogens with two attached hydrogens (primary N) is 1. The molecule has 2 nitrogen and oxygen atoms in total. The molecule has 0 aliphatic heterocycles. The molecule has 14 heavy (non-hydrogen) atoms. The maximum Gasteiger partial charge on any atom is 0.0435 e. The van der Waals surface area contributed by atoms with Crippen LogP contribution >= 0.6 is 0 Å². The predicted octanol–water partition coefficient (Wildman–Crippen LogP) is 1.91. The van der Waals surface area contributed by atoms with Gasteiger partial charge in [0.2, 0.25) is 0 Å². The minimum atomic E-state index is -0.0144. The van der Waals surface area contributed by atoms with Gasteiger partial charge >= 0.3 is 0 Å². The van der Waals surface area contributed by atoms with Crippen molar-refractivity contribution in [2.45, 2.75) is 44.1 Å². The molecule has 0 bridgehead atoms. The first kappa shape index (κ1) is 8.42. The lowest BCUT2D eigenvalue weighted by Crippen LogP contribution is -2.20. The summed E-state index contributed by atoms with van der Waals surface area (Å²) in [4.78, 5) is 4.55. The number of pyridine rings is 1. The summed E-state index contributed by atoms with van der Waals surface area (Å²) in [7, 11) is 0. The molecule has 0 saturated heterocycles. The van der Waals surface area contributed by atoms with Crippen molar-refractivity contribution >= 4 is 0 Å². The van der Waals surface area contributed by atoms with Crippen LogP contribution in [0.1, 0.15) is 42.5 Å². The van der Waals surface area contributed by atoms with Crippen molar-refractivity contribution in [2.24, 2.45) is 5.73 Å². The van der Waals surface area contributed by atoms with Crippen molar-refractivity contribution in [3.63, 3.8) is 0 Å². The van der Waals surface area contributed by atoms with Gasteiger partial charge in [0, 0.05) is 17.4 Å². The van der Waals surface area contributed by atoms with E-state index in [0.717, 1.165) is 19.3 Å². The third-order valence-corrected chi connectivity index (χ3v) is 3.53. The molecule has 1 aromatic heterocycles. The van der Waals surface area contributed by atoms with Gasteiger partial charge in [-0.05, 0) is 49.7 Å². The van der Waals surface area contributed by atoms with Gasteiger partial charge in [-0.25, -0.2) is 0 Å². The average Bonchev–Trinajstić information content (AvgIpc) is 2.97. The van der Waals surface area contributed by atoms with Crippen LogP contribution in [0.5, 0.6) is 0 Å². The van der Waals surface area contributed by atoms with Gasteiger partial charge in [0.05, 0.1) is 0 Å². The number of fused-ring (bicyclic) bond motifs is 1. The van der Waals surface area contributed by atoms with Gasteiger partial charge in [-0.2, -0.15) is 0 Å². The van der Waals surface area contributed by atoms with E-state index >= 15 is 0 Å². The fourth-order valence-corrected chi connectivity index (χ4v) is 2.28. The Morgan fingerprint density at radius 1 is 1.21 bits per heavy atom. The Kier molecular flexibility index (Phi) is 1.68. The monoisotopic (exact) mass is 188 g/mol. The average molecular weight is 188 g/mol. The molecule has 0 radical (unpaired) electrons. The van der Waals surface area contributed by atoms with Crippen LogP contribution in [0.3, 0.4) is 0 Å². The lowest BCUT2D eigenvalue weighted by molar-refractivity contribution is 0.656. The van der Waals surface area contributed by atoms with E-state index in [1.165, 1.54) is 36.1 Å². The standard InChI is InChI=1S/C12H16N2/c13-12(5-6-12)10-7-9-3-1-2-4-11(9)14-8-10/h7-8H,1-6,13H2. The molecule has 2 N–H and O–H groups in total. The topological polar surface area (TPSA) is 38.9 Å². The SMILES string of the molecule is NC1(c2cnc3c(c2)CCCC3)CC1. The van der Waals surface area contributed by atoms with Gasteiger partial charge in [-0.3, -0.25) is 4.98 Å². The first-order chi connectivity index (χ1) is 6.78. The first-order valence-electron chi connectivity index (χ1n) is 5.55. The van der Waals surface area contributed by atoms with Crippen molar-refractivity contribution < 1.29 is 0 Å². The minimum Gasteiger partial charge on any atom is -0.321 e. The predicted molar refractivity (Wildman–Crippen MR) is 56.0 cm³/mol. The van der Waals surface area contributed by atoms with E-state index in [1.54, 1.807) is 0 Å². The van der Waals surface area contributed by atoms with Crippen LogP contribution in [0.2, 0.25) is 0 Å². The second-order valence-electron chi connectivity index (χ2n) is 4.69. The number of aromatic nitrogens is 1. The van der Waals surface area contributed by atoms with Crippen LogP contribution in [0.4, 0.5) is 0 Å². The van der Waals surface area contributed by atoms with Crippen molar-refractivity contribution in [1.29, 1.82) is 0 Å². The first-order valence-corrected chi connectivity index (χ1v) is 5.55. The fourth-order valence-electron chi connectivity index (χ4n) is 2.28. The Balaban J connectivity index is 2.01. The lowest BCUT2D eigenvalue weighted by Gasteiger charge is -2.17. The zero-order valence-electron chi connectivity index (χ0n) is 8.42. The van der Waals surface area contributed by atoms with Gasteiger partial charge in [-0.15, -0.1) is 0 Å². The van der Waals surface area contributed by atoms with Crippen molar-refractivity contribution in [3.8, 4) is 0 Å². The molecule has 1 fully saturated rings. The number of hydrogen-bond donors (Lipinski definition) is 1. The highest BCUT2D eigenvalue weighted by Gasteiger charge is 2.40. The van der Waals surface area contributed by atoms with Crippen LogP contribution < -0.4 is 5.73 Å². The maximum absolute atomic E-state index is 6.16. The summed E-state index contributed by atoms with van der Waals surface area (Å²) in [6.45, 7) is 0. The second kappa shape index (κ2) is 2.80. The molecule has 1 aromatic rings. The molecule has 74 valence electrons. The largest absolute Gasteiger partial charge is 0.321 e. The van der Waals surface area contributed by atoms with E-state index in [-0.39, 0.29) is 5.54 Å². The summed E-state index contributed by atoms with van der Waals surface area (Å²) in [5.41, 5.74) is 10.2. The number of aryl methyl sites for hydroxylation is 2. The van der Waals surface area contributed by atoms with Crippen LogP contribution in [-0.4, -0.2) is 4.98 Å². The molecule has 0 spiro atoms. The van der Waals surface area contributed by atoms with Crippen LogP contribution in [0.25, 0.3) is 0 Å². The molecular weight excluding hydrogens is 172 g/mol. The summed E-state index contributed by atoms with van der Waals surface area (Å²) >= 11 is 0. The summed E-state index contributed by atoms with van der Waals surface area (Å²) in [6.07, 6.45) is 9.24. The number of rotatable bonds is 1. The molecule has 0 atom stereocenters. The Bertz CT molecular complexity index is 367. The number of hydrogen-bond acceptors (Lipinski definition) is 2. The van der Waals surface area contributed by atoms with E-state index in [9.17, 15) is 0 Å². The Morgan fingerprint density at radius 3 is 2.79 bits per heavy atom. The molecule has 1 heterocycles. The number of nitrogens with zero attached hydrogens (tertiary/aromatic N) is 1. The Morgan fingerprint density at radius 2 is 2.00 bits per heavy atom. The Hall–Kier alpha value is -0.890. The van der Waals surface area contributed by atoms with E-state index in [1.807, 2.05) is 6.20 Å². The van der Waals surface area contributed by atoms with E-state index in [4.69, 9.17) is 5.73 Å². The van der Waals surface area contributed by atoms with Crippen molar-refractivity contribution in [2.75, 3.05) is 0 Å². The highest BCUT2D eigenvalue weighted by Crippen LogP contribution is 2.43. The second-order valence-corrected chi connectivity index (χ2v) is 4.69. The highest BCUT2D eigenvalue weighted by atomic mass is 14.8. The molecule has 2 aliphatic rings. The third-order valence-electron chi connectivity index (χ3n) is 3.53. The fraction of sp³-hybridized carbons (Fsp3) is 0.583. The van der Waals surface area contributed by atoms with Crippen LogP contribution in [0, 0.1) is 0 Å². The Labute approximate surface area is 84.5 Å². The van der Waals surface area contributed by atoms with E-state index in [2.05, 4.69) is 11.1 Å². The van der Waals surface area contributed by atoms with Gasteiger partial charge in [0.15, 0.2) is 0 Å². The molecule has 3 rings (SSSR count). The van der Waals surface area contributed by atoms with E-state index < -0.39 is 0 Å². The molecule has 0 unspecified atom stereocenters. The molecule has 0 aromatic carbocycles. The van der Waals surface area contributed by atoms with Gasteiger partial charge < -0.3 is 5.73 Å². The third kappa shape index (κ3) is 1.25. The van der Waals surface area contributed by atoms with Gasteiger partial charge in [-0.1, -0.05) is 6.07 Å². The molecular formula is C12H16N2. The van der Waals surface area contributed by atoms with Gasteiger partial charge in [0.25, 0.3) is 0 Å².